The molecule has 1 heteroatoms. The Labute approximate surface area is 118 Å². The van der Waals surface area contributed by atoms with E-state index < -0.39 is 5.83 Å². The van der Waals surface area contributed by atoms with Crippen molar-refractivity contribution in [1.82, 2.24) is 0 Å². The summed E-state index contributed by atoms with van der Waals surface area (Å²) >= 11 is 0. The van der Waals surface area contributed by atoms with E-state index in [2.05, 4.69) is 40.2 Å². The third-order valence-corrected chi connectivity index (χ3v) is 2.41. The van der Waals surface area contributed by atoms with Gasteiger partial charge in [-0.2, -0.15) is 0 Å². The van der Waals surface area contributed by atoms with Crippen molar-refractivity contribution in [2.24, 2.45) is 11.8 Å². The Morgan fingerprint density at radius 3 is 1.58 bits per heavy atom. The van der Waals surface area contributed by atoms with Crippen molar-refractivity contribution in [2.45, 2.75) is 27.7 Å². The fourth-order valence-corrected chi connectivity index (χ4v) is 0.774. The van der Waals surface area contributed by atoms with Crippen LogP contribution in [0.25, 0.3) is 0 Å². The summed E-state index contributed by atoms with van der Waals surface area (Å²) in [5.41, 5.74) is 2.06. The van der Waals surface area contributed by atoms with Gasteiger partial charge in [-0.25, -0.2) is 4.39 Å². The molecule has 0 nitrogen and oxygen atoms in total. The topological polar surface area (TPSA) is 0 Å². The Morgan fingerprint density at radius 2 is 1.26 bits per heavy atom. The van der Waals surface area contributed by atoms with Crippen LogP contribution in [0.3, 0.4) is 0 Å². The lowest BCUT2D eigenvalue weighted by molar-refractivity contribution is 0.670. The van der Waals surface area contributed by atoms with Gasteiger partial charge in [0, 0.05) is 0 Å². The van der Waals surface area contributed by atoms with Crippen LogP contribution < -0.4 is 0 Å². The van der Waals surface area contributed by atoms with Crippen molar-refractivity contribution in [2.75, 3.05) is 0 Å². The van der Waals surface area contributed by atoms with Gasteiger partial charge in [-0.1, -0.05) is 89.5 Å². The summed E-state index contributed by atoms with van der Waals surface area (Å²) in [6.45, 7) is 22.5. The van der Waals surface area contributed by atoms with Crippen LogP contribution in [0.5, 0.6) is 0 Å². The van der Waals surface area contributed by atoms with Crippen LogP contribution in [0, 0.1) is 11.8 Å². The van der Waals surface area contributed by atoms with Crippen molar-refractivity contribution in [1.29, 1.82) is 0 Å². The first-order valence-corrected chi connectivity index (χ1v) is 6.41. The molecule has 0 aliphatic rings. The first-order valence-electron chi connectivity index (χ1n) is 6.41. The quantitative estimate of drug-likeness (QED) is 0.501. The summed E-state index contributed by atoms with van der Waals surface area (Å²) in [4.78, 5) is 0. The van der Waals surface area contributed by atoms with E-state index in [1.54, 1.807) is 12.2 Å². The summed E-state index contributed by atoms with van der Waals surface area (Å²) in [6.07, 6.45) is 8.61. The van der Waals surface area contributed by atoms with Crippen LogP contribution in [-0.2, 0) is 0 Å². The lowest BCUT2D eigenvalue weighted by Crippen LogP contribution is -1.86. The molecule has 0 aromatic carbocycles. The van der Waals surface area contributed by atoms with Gasteiger partial charge in [0.2, 0.25) is 0 Å². The minimum absolute atomic E-state index is 0.371. The molecule has 0 unspecified atom stereocenters. The average Bonchev–Trinajstić information content (AvgIpc) is 2.33. The highest BCUT2D eigenvalue weighted by Crippen LogP contribution is 2.09. The van der Waals surface area contributed by atoms with Crippen molar-refractivity contribution >= 4 is 0 Å². The number of hydrogen-bond donors (Lipinski definition) is 0. The maximum absolute atomic E-state index is 12.0. The van der Waals surface area contributed by atoms with E-state index in [9.17, 15) is 4.39 Å². The van der Waals surface area contributed by atoms with Gasteiger partial charge in [-0.15, -0.1) is 0 Å². The molecule has 0 heterocycles. The average molecular weight is 262 g/mol. The number of allylic oxidation sites excluding steroid dienone is 8. The van der Waals surface area contributed by atoms with Crippen molar-refractivity contribution in [3.8, 4) is 0 Å². The number of hydrogen-bond acceptors (Lipinski definition) is 0. The summed E-state index contributed by atoms with van der Waals surface area (Å²) in [5.74, 6) is 0.485. The van der Waals surface area contributed by atoms with Gasteiger partial charge in [-0.05, 0) is 17.9 Å². The second kappa shape index (κ2) is 11.5. The highest BCUT2D eigenvalue weighted by Gasteiger charge is 1.93. The molecule has 0 saturated carbocycles. The minimum atomic E-state index is -0.429. The van der Waals surface area contributed by atoms with Gasteiger partial charge in [0.05, 0.1) is 0 Å². The molecule has 0 N–H and O–H groups in total. The molecule has 0 aliphatic carbocycles. The van der Waals surface area contributed by atoms with Crippen molar-refractivity contribution < 1.29 is 4.39 Å². The summed E-state index contributed by atoms with van der Waals surface area (Å²) < 4.78 is 12.0. The second-order valence-electron chi connectivity index (χ2n) is 4.83. The molecule has 106 valence electrons. The zero-order valence-electron chi connectivity index (χ0n) is 12.7. The van der Waals surface area contributed by atoms with Crippen LogP contribution in [0.1, 0.15) is 27.7 Å². The fourth-order valence-electron chi connectivity index (χ4n) is 0.774. The van der Waals surface area contributed by atoms with Crippen molar-refractivity contribution in [3.05, 3.63) is 73.7 Å². The maximum Gasteiger partial charge on any atom is 0.116 e. The molecule has 0 fully saturated rings. The van der Waals surface area contributed by atoms with Gasteiger partial charge in [0.15, 0.2) is 0 Å². The zero-order chi connectivity index (χ0) is 15.4. The van der Waals surface area contributed by atoms with E-state index in [1.807, 2.05) is 26.0 Å². The molecule has 0 aliphatic heterocycles. The van der Waals surface area contributed by atoms with E-state index in [-0.39, 0.29) is 0 Å². The monoisotopic (exact) mass is 262 g/mol. The highest BCUT2D eigenvalue weighted by molar-refractivity contribution is 5.22. The lowest BCUT2D eigenvalue weighted by Gasteiger charge is -2.01. The van der Waals surface area contributed by atoms with Crippen LogP contribution in [0.2, 0.25) is 0 Å². The Kier molecular flexibility index (Phi) is 11.9. The number of halogens is 1. The van der Waals surface area contributed by atoms with E-state index in [4.69, 9.17) is 0 Å². The Balaban J connectivity index is 0. The third-order valence-electron chi connectivity index (χ3n) is 2.41. The fraction of sp³-hybridized carbons (Fsp3) is 0.333. The molecule has 19 heavy (non-hydrogen) atoms. The Bertz CT molecular complexity index is 365. The summed E-state index contributed by atoms with van der Waals surface area (Å²) in [5, 5.41) is 0. The minimum Gasteiger partial charge on any atom is -0.208 e. The van der Waals surface area contributed by atoms with Crippen molar-refractivity contribution in [3.63, 3.8) is 0 Å². The first kappa shape index (κ1) is 19.7. The molecular formula is C18H27F. The van der Waals surface area contributed by atoms with Crippen LogP contribution in [-0.4, -0.2) is 0 Å². The zero-order valence-corrected chi connectivity index (χ0v) is 12.7. The van der Waals surface area contributed by atoms with Gasteiger partial charge in [-0.3, -0.25) is 0 Å². The van der Waals surface area contributed by atoms with Crippen LogP contribution >= 0.6 is 0 Å². The molecule has 0 rings (SSSR count). The van der Waals surface area contributed by atoms with Gasteiger partial charge >= 0.3 is 0 Å². The molecule has 0 atom stereocenters. The molecule has 0 saturated heterocycles. The van der Waals surface area contributed by atoms with E-state index in [0.29, 0.717) is 11.8 Å². The summed E-state index contributed by atoms with van der Waals surface area (Å²) in [7, 11) is 0. The standard InChI is InChI=1S/C9H13F.C9H14/c1-7(2)8(3)5-6-9(4)10;1-5-6-7-9(4)8(2)3/h5-7H,3-4H2,1-2H3;5-8H,1,4H2,2-3H3/b6-5-;7-6-. The van der Waals surface area contributed by atoms with Crippen LogP contribution in [0.15, 0.2) is 73.7 Å². The molecule has 0 aromatic rings. The van der Waals surface area contributed by atoms with Gasteiger partial charge < -0.3 is 0 Å². The van der Waals surface area contributed by atoms with E-state index >= 15 is 0 Å². The Hall–Kier alpha value is -1.63. The summed E-state index contributed by atoms with van der Waals surface area (Å²) in [6, 6.07) is 0. The maximum atomic E-state index is 12.0. The molecule has 0 amide bonds. The first-order chi connectivity index (χ1) is 8.72. The molecule has 0 aromatic heterocycles. The Morgan fingerprint density at radius 1 is 0.842 bits per heavy atom. The van der Waals surface area contributed by atoms with E-state index in [0.717, 1.165) is 11.1 Å². The van der Waals surface area contributed by atoms with Gasteiger partial charge in [0.25, 0.3) is 0 Å². The van der Waals surface area contributed by atoms with E-state index in [1.165, 1.54) is 6.08 Å². The largest absolute Gasteiger partial charge is 0.208 e. The third kappa shape index (κ3) is 14.3. The molecule has 0 radical (unpaired) electrons. The van der Waals surface area contributed by atoms with Crippen LogP contribution in [0.4, 0.5) is 4.39 Å². The molecule has 0 bridgehead atoms. The smallest absolute Gasteiger partial charge is 0.116 e. The predicted octanol–water partition coefficient (Wildman–Crippen LogP) is 6.18. The SMILES string of the molecule is C=C(F)/C=C\C(=C)C(C)C.C=C/C=C\C(=C)C(C)C. The number of rotatable bonds is 6. The molecule has 0 spiro atoms. The predicted molar refractivity (Wildman–Crippen MR) is 86.7 cm³/mol. The normalized spacial score (nSPS) is 10.7. The highest BCUT2D eigenvalue weighted by atomic mass is 19.1. The second-order valence-corrected chi connectivity index (χ2v) is 4.83. The van der Waals surface area contributed by atoms with Gasteiger partial charge in [0.1, 0.15) is 5.83 Å². The molecular weight excluding hydrogens is 235 g/mol. The lowest BCUT2D eigenvalue weighted by atomic mass is 10.1.